The van der Waals surface area contributed by atoms with E-state index in [1.807, 2.05) is 6.92 Å². The van der Waals surface area contributed by atoms with Gasteiger partial charge in [0.15, 0.2) is 5.75 Å². The second kappa shape index (κ2) is 10.5. The highest BCUT2D eigenvalue weighted by atomic mass is 16.6. The van der Waals surface area contributed by atoms with E-state index in [0.717, 1.165) is 6.07 Å². The molecule has 11 nitrogen and oxygen atoms in total. The van der Waals surface area contributed by atoms with Gasteiger partial charge in [-0.25, -0.2) is 5.43 Å². The maximum atomic E-state index is 12.1. The number of nitro groups is 2. The third-order valence-electron chi connectivity index (χ3n) is 3.70. The average molecular weight is 416 g/mol. The summed E-state index contributed by atoms with van der Waals surface area (Å²) < 4.78 is 10.9. The zero-order valence-corrected chi connectivity index (χ0v) is 16.4. The Kier molecular flexibility index (Phi) is 7.80. The molecule has 1 amide bonds. The van der Waals surface area contributed by atoms with Gasteiger partial charge < -0.3 is 9.47 Å². The van der Waals surface area contributed by atoms with Crippen molar-refractivity contribution >= 4 is 23.5 Å². The predicted octanol–water partition coefficient (Wildman–Crippen LogP) is 3.45. The number of hydrogen-bond acceptors (Lipinski definition) is 8. The molecule has 158 valence electrons. The Morgan fingerprint density at radius 3 is 2.53 bits per heavy atom. The van der Waals surface area contributed by atoms with Crippen LogP contribution in [-0.2, 0) is 0 Å². The van der Waals surface area contributed by atoms with Crippen LogP contribution in [0.4, 0.5) is 11.4 Å². The minimum absolute atomic E-state index is 0.0291. The molecule has 11 heteroatoms. The molecule has 0 saturated heterocycles. The van der Waals surface area contributed by atoms with E-state index >= 15 is 0 Å². The molecule has 0 radical (unpaired) electrons. The predicted molar refractivity (Wildman–Crippen MR) is 108 cm³/mol. The van der Waals surface area contributed by atoms with E-state index in [1.54, 1.807) is 6.92 Å². The number of carbonyl (C=O) groups excluding carboxylic acids is 1. The van der Waals surface area contributed by atoms with Crippen molar-refractivity contribution in [2.24, 2.45) is 5.10 Å². The Hall–Kier alpha value is -4.02. The van der Waals surface area contributed by atoms with Gasteiger partial charge in [-0.05, 0) is 25.5 Å². The fraction of sp³-hybridized carbons (Fsp3) is 0.263. The van der Waals surface area contributed by atoms with Crippen LogP contribution in [0.3, 0.4) is 0 Å². The van der Waals surface area contributed by atoms with Crippen LogP contribution in [-0.4, -0.2) is 35.2 Å². The molecular weight excluding hydrogens is 396 g/mol. The van der Waals surface area contributed by atoms with Gasteiger partial charge in [0.1, 0.15) is 0 Å². The van der Waals surface area contributed by atoms with Gasteiger partial charge >= 0.3 is 5.69 Å². The summed E-state index contributed by atoms with van der Waals surface area (Å²) in [6, 6.07) is 7.90. The molecule has 0 aliphatic rings. The van der Waals surface area contributed by atoms with Gasteiger partial charge in [-0.15, -0.1) is 0 Å². The van der Waals surface area contributed by atoms with Crippen LogP contribution in [0.15, 0.2) is 41.5 Å². The molecule has 0 spiro atoms. The largest absolute Gasteiger partial charge is 0.490 e. The van der Waals surface area contributed by atoms with Crippen molar-refractivity contribution in [1.29, 1.82) is 0 Å². The first-order valence-corrected chi connectivity index (χ1v) is 9.03. The summed E-state index contributed by atoms with van der Waals surface area (Å²) in [6.45, 7) is 4.16. The average Bonchev–Trinajstić information content (AvgIpc) is 2.72. The van der Waals surface area contributed by atoms with Crippen molar-refractivity contribution in [1.82, 2.24) is 5.43 Å². The molecule has 0 saturated carbocycles. The number of nitrogens with one attached hydrogen (secondary N) is 1. The number of hydrogen-bond donors (Lipinski definition) is 1. The second-order valence-electron chi connectivity index (χ2n) is 5.91. The van der Waals surface area contributed by atoms with Crippen molar-refractivity contribution in [2.45, 2.75) is 20.3 Å². The summed E-state index contributed by atoms with van der Waals surface area (Å²) in [7, 11) is 0. The summed E-state index contributed by atoms with van der Waals surface area (Å²) in [5.74, 6) is -0.453. The van der Waals surface area contributed by atoms with Gasteiger partial charge in [0.2, 0.25) is 5.75 Å². The Labute approximate surface area is 171 Å². The molecule has 1 N–H and O–H groups in total. The van der Waals surface area contributed by atoms with Gasteiger partial charge in [0.25, 0.3) is 11.6 Å². The third-order valence-corrected chi connectivity index (χ3v) is 3.70. The molecule has 0 heterocycles. The minimum Gasteiger partial charge on any atom is -0.490 e. The molecule has 2 aromatic carbocycles. The summed E-state index contributed by atoms with van der Waals surface area (Å²) in [5.41, 5.74) is 2.05. The van der Waals surface area contributed by atoms with Gasteiger partial charge in [0.05, 0.1) is 29.3 Å². The van der Waals surface area contributed by atoms with Crippen molar-refractivity contribution in [2.75, 3.05) is 13.2 Å². The molecule has 0 aliphatic heterocycles. The standard InChI is InChI=1S/C19H20N4O7/c1-3-8-30-18-16(23(27)28)9-13(10-17(18)29-4-2)12-20-21-19(24)14-6-5-7-15(11-14)22(25)26/h5-7,9-12H,3-4,8H2,1-2H3,(H,21,24)/b20-12+. The SMILES string of the molecule is CCCOc1c(OCC)cc(/C=N/NC(=O)c2cccc([N+](=O)[O-])c2)cc1[N+](=O)[O-]. The van der Waals surface area contributed by atoms with Crippen molar-refractivity contribution in [3.8, 4) is 11.5 Å². The number of benzene rings is 2. The highest BCUT2D eigenvalue weighted by Gasteiger charge is 2.22. The number of nitrogens with zero attached hydrogens (tertiary/aromatic N) is 3. The van der Waals surface area contributed by atoms with Gasteiger partial charge in [-0.1, -0.05) is 13.0 Å². The monoisotopic (exact) mass is 416 g/mol. The first-order valence-electron chi connectivity index (χ1n) is 9.03. The molecule has 0 bridgehead atoms. The fourth-order valence-electron chi connectivity index (χ4n) is 2.42. The molecule has 0 fully saturated rings. The zero-order valence-electron chi connectivity index (χ0n) is 16.4. The molecule has 0 aliphatic carbocycles. The molecule has 2 aromatic rings. The second-order valence-corrected chi connectivity index (χ2v) is 5.91. The lowest BCUT2D eigenvalue weighted by Gasteiger charge is -2.12. The van der Waals surface area contributed by atoms with Crippen LogP contribution < -0.4 is 14.9 Å². The summed E-state index contributed by atoms with van der Waals surface area (Å²) >= 11 is 0. The summed E-state index contributed by atoms with van der Waals surface area (Å²) in [4.78, 5) is 33.2. The highest BCUT2D eigenvalue weighted by Crippen LogP contribution is 2.38. The Balaban J connectivity index is 2.25. The van der Waals surface area contributed by atoms with E-state index in [9.17, 15) is 25.0 Å². The van der Waals surface area contributed by atoms with E-state index in [2.05, 4.69) is 10.5 Å². The van der Waals surface area contributed by atoms with Crippen LogP contribution in [0.2, 0.25) is 0 Å². The van der Waals surface area contributed by atoms with E-state index in [1.165, 1.54) is 36.5 Å². The van der Waals surface area contributed by atoms with E-state index in [0.29, 0.717) is 12.0 Å². The van der Waals surface area contributed by atoms with Crippen LogP contribution in [0.5, 0.6) is 11.5 Å². The fourth-order valence-corrected chi connectivity index (χ4v) is 2.42. The van der Waals surface area contributed by atoms with Crippen LogP contribution in [0, 0.1) is 20.2 Å². The lowest BCUT2D eigenvalue weighted by Crippen LogP contribution is -2.17. The number of non-ortho nitro benzene ring substituents is 1. The lowest BCUT2D eigenvalue weighted by molar-refractivity contribution is -0.386. The smallest absolute Gasteiger partial charge is 0.315 e. The summed E-state index contributed by atoms with van der Waals surface area (Å²) in [5, 5.41) is 26.0. The van der Waals surface area contributed by atoms with Crippen LogP contribution in [0.1, 0.15) is 36.2 Å². The summed E-state index contributed by atoms with van der Waals surface area (Å²) in [6.07, 6.45) is 1.87. The van der Waals surface area contributed by atoms with Gasteiger partial charge in [0, 0.05) is 29.3 Å². The Morgan fingerprint density at radius 1 is 1.13 bits per heavy atom. The number of nitro benzene ring substituents is 2. The number of carbonyl (C=O) groups is 1. The number of ether oxygens (including phenoxy) is 2. The molecule has 0 unspecified atom stereocenters. The minimum atomic E-state index is -0.669. The maximum absolute atomic E-state index is 12.1. The van der Waals surface area contributed by atoms with Gasteiger partial charge in [-0.2, -0.15) is 5.10 Å². The molecule has 30 heavy (non-hydrogen) atoms. The number of rotatable bonds is 10. The lowest BCUT2D eigenvalue weighted by atomic mass is 10.2. The van der Waals surface area contributed by atoms with Crippen molar-refractivity contribution in [3.63, 3.8) is 0 Å². The van der Waals surface area contributed by atoms with Crippen LogP contribution >= 0.6 is 0 Å². The Bertz CT molecular complexity index is 975. The normalized spacial score (nSPS) is 10.6. The quantitative estimate of drug-likeness (QED) is 0.354. The topological polar surface area (TPSA) is 146 Å². The van der Waals surface area contributed by atoms with Crippen LogP contribution in [0.25, 0.3) is 0 Å². The highest BCUT2D eigenvalue weighted by molar-refractivity contribution is 5.95. The molecular formula is C19H20N4O7. The first-order chi connectivity index (χ1) is 14.4. The zero-order chi connectivity index (χ0) is 22.1. The maximum Gasteiger partial charge on any atom is 0.315 e. The number of amides is 1. The van der Waals surface area contributed by atoms with Gasteiger partial charge in [-0.3, -0.25) is 25.0 Å². The molecule has 0 aromatic heterocycles. The number of hydrazone groups is 1. The Morgan fingerprint density at radius 2 is 1.90 bits per heavy atom. The van der Waals surface area contributed by atoms with Crippen molar-refractivity contribution in [3.05, 3.63) is 67.8 Å². The molecule has 0 atom stereocenters. The first kappa shape index (κ1) is 22.3. The van der Waals surface area contributed by atoms with Crippen molar-refractivity contribution < 1.29 is 24.1 Å². The van der Waals surface area contributed by atoms with E-state index < -0.39 is 15.8 Å². The van der Waals surface area contributed by atoms with E-state index in [4.69, 9.17) is 9.47 Å². The van der Waals surface area contributed by atoms with E-state index in [-0.39, 0.29) is 41.7 Å². The molecule has 2 rings (SSSR count). The third kappa shape index (κ3) is 5.74.